The minimum atomic E-state index is -0.135. The van der Waals surface area contributed by atoms with E-state index in [0.717, 1.165) is 5.56 Å². The molecule has 2 aliphatic rings. The van der Waals surface area contributed by atoms with Crippen molar-refractivity contribution in [2.75, 3.05) is 25.2 Å². The van der Waals surface area contributed by atoms with Crippen molar-refractivity contribution in [1.29, 1.82) is 0 Å². The van der Waals surface area contributed by atoms with Crippen LogP contribution in [0.1, 0.15) is 25.5 Å². The minimum absolute atomic E-state index is 0.00791. The van der Waals surface area contributed by atoms with Crippen LogP contribution in [0.25, 0.3) is 0 Å². The van der Waals surface area contributed by atoms with Crippen LogP contribution in [0.3, 0.4) is 0 Å². The summed E-state index contributed by atoms with van der Waals surface area (Å²) in [7, 11) is 0. The normalized spacial score (nSPS) is 21.4. The van der Waals surface area contributed by atoms with Crippen molar-refractivity contribution in [3.63, 3.8) is 0 Å². The Bertz CT molecular complexity index is 809. The van der Waals surface area contributed by atoms with Crippen LogP contribution in [-0.4, -0.2) is 36.9 Å². The van der Waals surface area contributed by atoms with Crippen LogP contribution >= 0.6 is 0 Å². The fourth-order valence-electron chi connectivity index (χ4n) is 3.35. The Kier molecular flexibility index (Phi) is 4.90. The van der Waals surface area contributed by atoms with Gasteiger partial charge in [-0.25, -0.2) is 4.79 Å². The van der Waals surface area contributed by atoms with Crippen LogP contribution in [-0.2, 0) is 4.74 Å². The van der Waals surface area contributed by atoms with Gasteiger partial charge in [0, 0.05) is 18.3 Å². The lowest BCUT2D eigenvalue weighted by molar-refractivity contribution is -0.0920. The van der Waals surface area contributed by atoms with Gasteiger partial charge in [0.05, 0.1) is 12.6 Å². The number of nitrogens with one attached hydrogen (secondary N) is 1. The van der Waals surface area contributed by atoms with Gasteiger partial charge in [0.25, 0.3) is 0 Å². The number of ether oxygens (including phenoxy) is 3. The third kappa shape index (κ3) is 3.85. The Labute approximate surface area is 159 Å². The number of rotatable bonds is 3. The highest BCUT2D eigenvalue weighted by Gasteiger charge is 2.33. The number of hydrogen-bond donors (Lipinski definition) is 1. The number of carbonyl (C=O) groups is 1. The van der Waals surface area contributed by atoms with Crippen molar-refractivity contribution >= 4 is 11.7 Å². The summed E-state index contributed by atoms with van der Waals surface area (Å²) < 4.78 is 17.0. The summed E-state index contributed by atoms with van der Waals surface area (Å²) in [6.07, 6.45) is -0.138. The van der Waals surface area contributed by atoms with Crippen LogP contribution in [0.2, 0.25) is 0 Å². The Hall–Kier alpha value is -2.73. The molecule has 2 aliphatic heterocycles. The molecule has 2 heterocycles. The maximum absolute atomic E-state index is 12.9. The van der Waals surface area contributed by atoms with E-state index in [9.17, 15) is 4.79 Å². The largest absolute Gasteiger partial charge is 0.454 e. The topological polar surface area (TPSA) is 60.0 Å². The van der Waals surface area contributed by atoms with Gasteiger partial charge in [-0.15, -0.1) is 0 Å². The van der Waals surface area contributed by atoms with Gasteiger partial charge in [-0.05, 0) is 23.6 Å². The molecular weight excluding hydrogens is 344 g/mol. The van der Waals surface area contributed by atoms with Crippen molar-refractivity contribution in [2.24, 2.45) is 5.92 Å². The van der Waals surface area contributed by atoms with Crippen LogP contribution in [0, 0.1) is 5.92 Å². The monoisotopic (exact) mass is 368 g/mol. The molecule has 0 aromatic heterocycles. The molecule has 1 fully saturated rings. The maximum atomic E-state index is 12.9. The summed E-state index contributed by atoms with van der Waals surface area (Å²) in [5, 5.41) is 2.97. The Balaban J connectivity index is 1.49. The number of morpholine rings is 1. The molecule has 0 saturated carbocycles. The van der Waals surface area contributed by atoms with E-state index in [2.05, 4.69) is 19.2 Å². The van der Waals surface area contributed by atoms with Crippen molar-refractivity contribution in [3.8, 4) is 11.5 Å². The average molecular weight is 368 g/mol. The summed E-state index contributed by atoms with van der Waals surface area (Å²) in [4.78, 5) is 14.7. The van der Waals surface area contributed by atoms with E-state index in [4.69, 9.17) is 14.2 Å². The number of hydrogen-bond acceptors (Lipinski definition) is 4. The summed E-state index contributed by atoms with van der Waals surface area (Å²) in [5.41, 5.74) is 1.77. The second kappa shape index (κ2) is 7.48. The number of urea groups is 1. The zero-order valence-electron chi connectivity index (χ0n) is 15.6. The third-order valence-corrected chi connectivity index (χ3v) is 4.95. The molecule has 2 aromatic rings. The quantitative estimate of drug-likeness (QED) is 0.888. The van der Waals surface area contributed by atoms with Gasteiger partial charge in [-0.3, -0.25) is 0 Å². The molecular formula is C21H24N2O4. The van der Waals surface area contributed by atoms with E-state index in [1.165, 1.54) is 0 Å². The van der Waals surface area contributed by atoms with E-state index >= 15 is 0 Å². The van der Waals surface area contributed by atoms with Gasteiger partial charge in [-0.2, -0.15) is 0 Å². The second-order valence-corrected chi connectivity index (χ2v) is 7.22. The fourth-order valence-corrected chi connectivity index (χ4v) is 3.35. The Morgan fingerprint density at radius 1 is 1.07 bits per heavy atom. The Morgan fingerprint density at radius 2 is 1.85 bits per heavy atom. The lowest BCUT2D eigenvalue weighted by Gasteiger charge is -2.40. The van der Waals surface area contributed by atoms with Gasteiger partial charge < -0.3 is 24.4 Å². The number of amides is 2. The minimum Gasteiger partial charge on any atom is -0.454 e. The zero-order chi connectivity index (χ0) is 18.8. The van der Waals surface area contributed by atoms with E-state index in [1.54, 1.807) is 12.1 Å². The molecule has 0 spiro atoms. The molecule has 6 heteroatoms. The number of anilines is 1. The lowest BCUT2D eigenvalue weighted by Crippen LogP contribution is -2.50. The number of carbonyl (C=O) groups excluding carboxylic acids is 1. The van der Waals surface area contributed by atoms with E-state index in [-0.39, 0.29) is 25.0 Å². The summed E-state index contributed by atoms with van der Waals surface area (Å²) >= 11 is 0. The van der Waals surface area contributed by atoms with E-state index in [0.29, 0.717) is 36.2 Å². The SMILES string of the molecule is CC(C)[C@H]1CN(C(=O)Nc2ccc3c(c2)OCO3)C[C@@H](c2ccccc2)O1. The molecule has 6 nitrogen and oxygen atoms in total. The van der Waals surface area contributed by atoms with Gasteiger partial charge in [0.2, 0.25) is 6.79 Å². The van der Waals surface area contributed by atoms with Crippen LogP contribution in [0.5, 0.6) is 11.5 Å². The third-order valence-electron chi connectivity index (χ3n) is 4.95. The van der Waals surface area contributed by atoms with Gasteiger partial charge in [0.15, 0.2) is 11.5 Å². The van der Waals surface area contributed by atoms with Gasteiger partial charge in [0.1, 0.15) is 6.10 Å². The molecule has 1 saturated heterocycles. The number of nitrogens with zero attached hydrogens (tertiary/aromatic N) is 1. The first-order valence-electron chi connectivity index (χ1n) is 9.26. The van der Waals surface area contributed by atoms with Crippen LogP contribution < -0.4 is 14.8 Å². The molecule has 0 bridgehead atoms. The number of fused-ring (bicyclic) bond motifs is 1. The highest BCUT2D eigenvalue weighted by Crippen LogP contribution is 2.34. The standard InChI is InChI=1S/C21H24N2O4/c1-14(2)19-11-23(12-20(27-19)15-6-4-3-5-7-15)21(24)22-16-8-9-17-18(10-16)26-13-25-17/h3-10,14,19-20H,11-13H2,1-2H3,(H,22,24)/t19-,20+/m1/s1. The highest BCUT2D eigenvalue weighted by atomic mass is 16.7. The molecule has 0 aliphatic carbocycles. The van der Waals surface area contributed by atoms with Crippen molar-refractivity contribution in [1.82, 2.24) is 4.90 Å². The van der Waals surface area contributed by atoms with E-state index in [1.807, 2.05) is 41.3 Å². The smallest absolute Gasteiger partial charge is 0.322 e. The molecule has 0 unspecified atom stereocenters. The van der Waals surface area contributed by atoms with E-state index < -0.39 is 0 Å². The van der Waals surface area contributed by atoms with Gasteiger partial charge >= 0.3 is 6.03 Å². The van der Waals surface area contributed by atoms with Gasteiger partial charge in [-0.1, -0.05) is 44.2 Å². The molecule has 142 valence electrons. The summed E-state index contributed by atoms with van der Waals surface area (Å²) in [6, 6.07) is 15.3. The first-order chi connectivity index (χ1) is 13.1. The number of benzene rings is 2. The molecule has 2 amide bonds. The average Bonchev–Trinajstić information content (AvgIpc) is 3.16. The van der Waals surface area contributed by atoms with Crippen LogP contribution in [0.4, 0.5) is 10.5 Å². The highest BCUT2D eigenvalue weighted by molar-refractivity contribution is 5.90. The molecule has 2 aromatic carbocycles. The summed E-state index contributed by atoms with van der Waals surface area (Å²) in [6.45, 7) is 5.53. The predicted molar refractivity (Wildman–Crippen MR) is 102 cm³/mol. The molecule has 1 N–H and O–H groups in total. The zero-order valence-corrected chi connectivity index (χ0v) is 15.6. The molecule has 2 atom stereocenters. The lowest BCUT2D eigenvalue weighted by atomic mass is 10.0. The first-order valence-corrected chi connectivity index (χ1v) is 9.26. The summed E-state index contributed by atoms with van der Waals surface area (Å²) in [5.74, 6) is 1.66. The predicted octanol–water partition coefficient (Wildman–Crippen LogP) is 4.05. The fraction of sp³-hybridized carbons (Fsp3) is 0.381. The van der Waals surface area contributed by atoms with Crippen molar-refractivity contribution in [3.05, 3.63) is 54.1 Å². The van der Waals surface area contributed by atoms with Crippen LogP contribution in [0.15, 0.2) is 48.5 Å². The molecule has 0 radical (unpaired) electrons. The molecule has 4 rings (SSSR count). The second-order valence-electron chi connectivity index (χ2n) is 7.22. The molecule has 27 heavy (non-hydrogen) atoms. The van der Waals surface area contributed by atoms with Crippen molar-refractivity contribution in [2.45, 2.75) is 26.1 Å². The van der Waals surface area contributed by atoms with Crippen molar-refractivity contribution < 1.29 is 19.0 Å². The Morgan fingerprint density at radius 3 is 2.63 bits per heavy atom. The maximum Gasteiger partial charge on any atom is 0.322 e. The first kappa shape index (κ1) is 17.7.